The minimum Gasteiger partial charge on any atom is -0.465 e. The molecule has 0 spiro atoms. The van der Waals surface area contributed by atoms with Crippen molar-refractivity contribution >= 4 is 5.97 Å². The van der Waals surface area contributed by atoms with Crippen LogP contribution in [0.1, 0.15) is 46.5 Å². The fraction of sp³-hybridized carbons (Fsp3) is 0.933. The van der Waals surface area contributed by atoms with Crippen LogP contribution < -0.4 is 5.32 Å². The molecule has 118 valence electrons. The lowest BCUT2D eigenvalue weighted by Gasteiger charge is -2.39. The molecule has 1 aliphatic rings. The van der Waals surface area contributed by atoms with Crippen LogP contribution in [0.15, 0.2) is 0 Å². The number of nitrogens with one attached hydrogen (secondary N) is 1. The lowest BCUT2D eigenvalue weighted by atomic mass is 9.80. The number of hydrogen-bond donors (Lipinski definition) is 1. The van der Waals surface area contributed by atoms with Gasteiger partial charge in [-0.15, -0.1) is 0 Å². The molecule has 0 amide bonds. The molecule has 1 saturated carbocycles. The van der Waals surface area contributed by atoms with Crippen LogP contribution in [-0.4, -0.2) is 50.6 Å². The van der Waals surface area contributed by atoms with E-state index in [1.54, 1.807) is 0 Å². The number of hydrogen-bond acceptors (Lipinski definition) is 5. The van der Waals surface area contributed by atoms with Gasteiger partial charge in [0.2, 0.25) is 0 Å². The Morgan fingerprint density at radius 2 is 2.05 bits per heavy atom. The van der Waals surface area contributed by atoms with E-state index in [0.717, 1.165) is 25.8 Å². The maximum absolute atomic E-state index is 12.3. The van der Waals surface area contributed by atoms with Crippen LogP contribution in [0.3, 0.4) is 0 Å². The average molecular weight is 287 g/mol. The Kier molecular flexibility index (Phi) is 8.11. The fourth-order valence-corrected chi connectivity index (χ4v) is 2.81. The van der Waals surface area contributed by atoms with Crippen molar-refractivity contribution in [1.29, 1.82) is 0 Å². The van der Waals surface area contributed by atoms with Crippen molar-refractivity contribution in [1.82, 2.24) is 5.32 Å². The summed E-state index contributed by atoms with van der Waals surface area (Å²) < 4.78 is 16.4. The second kappa shape index (κ2) is 9.32. The van der Waals surface area contributed by atoms with E-state index in [9.17, 15) is 4.79 Å². The van der Waals surface area contributed by atoms with Gasteiger partial charge in [-0.3, -0.25) is 4.79 Å². The number of carbonyl (C=O) groups excluding carboxylic acids is 1. The maximum atomic E-state index is 12.3. The molecule has 5 nitrogen and oxygen atoms in total. The quantitative estimate of drug-likeness (QED) is 0.518. The Bertz CT molecular complexity index is 281. The standard InChI is InChI=1S/C15H29NO4/c1-4-16-15(14(17)19-6-3)9-7-8-13(12-15)20-11-10-18-5-2/h13,16H,4-12H2,1-3H3. The first-order chi connectivity index (χ1) is 9.68. The molecule has 0 aromatic heterocycles. The first-order valence-electron chi connectivity index (χ1n) is 7.80. The average Bonchev–Trinajstić information content (AvgIpc) is 2.45. The first kappa shape index (κ1) is 17.4. The van der Waals surface area contributed by atoms with Crippen LogP contribution in [0.25, 0.3) is 0 Å². The third-order valence-corrected chi connectivity index (χ3v) is 3.67. The molecule has 2 unspecified atom stereocenters. The van der Waals surface area contributed by atoms with Crippen LogP contribution in [-0.2, 0) is 19.0 Å². The zero-order chi connectivity index (χ0) is 14.8. The summed E-state index contributed by atoms with van der Waals surface area (Å²) in [7, 11) is 0. The minimum atomic E-state index is -0.570. The van der Waals surface area contributed by atoms with E-state index in [1.165, 1.54) is 0 Å². The Morgan fingerprint density at radius 3 is 2.70 bits per heavy atom. The summed E-state index contributed by atoms with van der Waals surface area (Å²) in [6, 6.07) is 0. The van der Waals surface area contributed by atoms with E-state index in [4.69, 9.17) is 14.2 Å². The molecule has 0 radical (unpaired) electrons. The van der Waals surface area contributed by atoms with E-state index < -0.39 is 5.54 Å². The van der Waals surface area contributed by atoms with Crippen LogP contribution in [0, 0.1) is 0 Å². The van der Waals surface area contributed by atoms with Crippen LogP contribution in [0.4, 0.5) is 0 Å². The predicted molar refractivity (Wildman–Crippen MR) is 77.7 cm³/mol. The zero-order valence-electron chi connectivity index (χ0n) is 13.1. The molecule has 0 aliphatic heterocycles. The SMILES string of the molecule is CCNC1(C(=O)OCC)CCCC(OCCOCC)C1. The summed E-state index contributed by atoms with van der Waals surface area (Å²) in [6.07, 6.45) is 3.59. The second-order valence-corrected chi connectivity index (χ2v) is 5.12. The van der Waals surface area contributed by atoms with Crippen LogP contribution in [0.2, 0.25) is 0 Å². The van der Waals surface area contributed by atoms with Gasteiger partial charge in [0.05, 0.1) is 25.9 Å². The van der Waals surface area contributed by atoms with Gasteiger partial charge in [-0.25, -0.2) is 0 Å². The highest BCUT2D eigenvalue weighted by atomic mass is 16.5. The van der Waals surface area contributed by atoms with Crippen molar-refractivity contribution in [2.24, 2.45) is 0 Å². The molecule has 0 heterocycles. The molecule has 2 atom stereocenters. The summed E-state index contributed by atoms with van der Waals surface area (Å²) in [5.74, 6) is -0.139. The summed E-state index contributed by atoms with van der Waals surface area (Å²) in [6.45, 7) is 8.91. The Balaban J connectivity index is 2.54. The zero-order valence-corrected chi connectivity index (χ0v) is 13.1. The lowest BCUT2D eigenvalue weighted by Crippen LogP contribution is -2.57. The summed E-state index contributed by atoms with van der Waals surface area (Å²) in [5.41, 5.74) is -0.570. The van der Waals surface area contributed by atoms with Crippen molar-refractivity contribution in [3.05, 3.63) is 0 Å². The molecule has 0 aromatic carbocycles. The second-order valence-electron chi connectivity index (χ2n) is 5.12. The molecular formula is C15H29NO4. The van der Waals surface area contributed by atoms with Gasteiger partial charge in [0.15, 0.2) is 0 Å². The normalized spacial score (nSPS) is 26.4. The van der Waals surface area contributed by atoms with Gasteiger partial charge in [-0.2, -0.15) is 0 Å². The van der Waals surface area contributed by atoms with Crippen molar-refractivity contribution in [2.45, 2.75) is 58.1 Å². The van der Waals surface area contributed by atoms with Gasteiger partial charge in [-0.1, -0.05) is 6.92 Å². The van der Waals surface area contributed by atoms with E-state index in [0.29, 0.717) is 32.8 Å². The van der Waals surface area contributed by atoms with Gasteiger partial charge < -0.3 is 19.5 Å². The molecule has 1 fully saturated rings. The first-order valence-corrected chi connectivity index (χ1v) is 7.80. The maximum Gasteiger partial charge on any atom is 0.326 e. The number of ether oxygens (including phenoxy) is 3. The number of likely N-dealkylation sites (N-methyl/N-ethyl adjacent to an activating group) is 1. The third kappa shape index (κ3) is 5.04. The van der Waals surface area contributed by atoms with Gasteiger partial charge in [0.25, 0.3) is 0 Å². The smallest absolute Gasteiger partial charge is 0.326 e. The largest absolute Gasteiger partial charge is 0.465 e. The summed E-state index contributed by atoms with van der Waals surface area (Å²) >= 11 is 0. The van der Waals surface area contributed by atoms with Crippen molar-refractivity contribution < 1.29 is 19.0 Å². The monoisotopic (exact) mass is 287 g/mol. The number of carbonyl (C=O) groups is 1. The molecule has 1 rings (SSSR count). The molecule has 0 saturated heterocycles. The van der Waals surface area contributed by atoms with E-state index in [2.05, 4.69) is 5.32 Å². The Hall–Kier alpha value is -0.650. The van der Waals surface area contributed by atoms with Gasteiger partial charge >= 0.3 is 5.97 Å². The van der Waals surface area contributed by atoms with Crippen molar-refractivity contribution in [3.8, 4) is 0 Å². The fourth-order valence-electron chi connectivity index (χ4n) is 2.81. The molecule has 1 N–H and O–H groups in total. The number of rotatable bonds is 9. The molecule has 0 aromatic rings. The predicted octanol–water partition coefficient (Wildman–Crippen LogP) is 1.89. The highest BCUT2D eigenvalue weighted by Gasteiger charge is 2.43. The Labute approximate surface area is 122 Å². The summed E-state index contributed by atoms with van der Waals surface area (Å²) in [5, 5.41) is 3.33. The van der Waals surface area contributed by atoms with Gasteiger partial charge in [0.1, 0.15) is 5.54 Å². The molecule has 20 heavy (non-hydrogen) atoms. The minimum absolute atomic E-state index is 0.104. The molecular weight excluding hydrogens is 258 g/mol. The topological polar surface area (TPSA) is 56.8 Å². The van der Waals surface area contributed by atoms with Gasteiger partial charge in [-0.05, 0) is 39.7 Å². The highest BCUT2D eigenvalue weighted by molar-refractivity contribution is 5.81. The Morgan fingerprint density at radius 1 is 1.25 bits per heavy atom. The van der Waals surface area contributed by atoms with Crippen LogP contribution in [0.5, 0.6) is 0 Å². The van der Waals surface area contributed by atoms with Crippen molar-refractivity contribution in [2.75, 3.05) is 33.0 Å². The van der Waals surface area contributed by atoms with Gasteiger partial charge in [0, 0.05) is 13.0 Å². The van der Waals surface area contributed by atoms with E-state index in [1.807, 2.05) is 20.8 Å². The lowest BCUT2D eigenvalue weighted by molar-refractivity contribution is -0.155. The van der Waals surface area contributed by atoms with Crippen molar-refractivity contribution in [3.63, 3.8) is 0 Å². The number of esters is 1. The van der Waals surface area contributed by atoms with E-state index in [-0.39, 0.29) is 12.1 Å². The summed E-state index contributed by atoms with van der Waals surface area (Å²) in [4.78, 5) is 12.3. The van der Waals surface area contributed by atoms with E-state index >= 15 is 0 Å². The van der Waals surface area contributed by atoms with Crippen LogP contribution >= 0.6 is 0 Å². The third-order valence-electron chi connectivity index (χ3n) is 3.67. The molecule has 5 heteroatoms. The molecule has 1 aliphatic carbocycles. The molecule has 0 bridgehead atoms. The highest BCUT2D eigenvalue weighted by Crippen LogP contribution is 2.31.